The van der Waals surface area contributed by atoms with E-state index in [2.05, 4.69) is 10.6 Å². The van der Waals surface area contributed by atoms with E-state index in [4.69, 9.17) is 9.47 Å². The monoisotopic (exact) mass is 495 g/mol. The van der Waals surface area contributed by atoms with Gasteiger partial charge in [0, 0.05) is 32.0 Å². The molecule has 3 fully saturated rings. The lowest BCUT2D eigenvalue weighted by Crippen LogP contribution is -2.56. The smallest absolute Gasteiger partial charge is 0.246 e. The molecule has 1 saturated carbocycles. The van der Waals surface area contributed by atoms with Gasteiger partial charge in [-0.25, -0.2) is 0 Å². The van der Waals surface area contributed by atoms with Crippen LogP contribution in [0.1, 0.15) is 49.7 Å². The largest absolute Gasteiger partial charge is 0.385 e. The highest BCUT2D eigenvalue weighted by Gasteiger charge is 2.72. The van der Waals surface area contributed by atoms with Crippen LogP contribution in [0.3, 0.4) is 0 Å². The molecule has 3 heterocycles. The van der Waals surface area contributed by atoms with E-state index in [1.165, 1.54) is 6.42 Å². The summed E-state index contributed by atoms with van der Waals surface area (Å²) in [5.74, 6) is -2.05. The summed E-state index contributed by atoms with van der Waals surface area (Å²) in [6.45, 7) is 4.87. The minimum absolute atomic E-state index is 0.115. The average Bonchev–Trinajstić information content (AvgIpc) is 3.50. The van der Waals surface area contributed by atoms with Crippen molar-refractivity contribution in [3.8, 4) is 0 Å². The number of anilines is 1. The standard InChI is InChI=1S/C28H37N3O5/c1-17-10-11-20(16-18(17)2)30-25(32)22-21-12-13-28(36-21)23(22)27(34)31(14-7-15-35-3)24(28)26(33)29-19-8-5-4-6-9-19/h10-13,16,19,21-24H,4-9,14-15H2,1-3H3,(H,29,33)(H,30,32). The van der Waals surface area contributed by atoms with E-state index in [9.17, 15) is 14.4 Å². The lowest BCUT2D eigenvalue weighted by Gasteiger charge is -2.34. The summed E-state index contributed by atoms with van der Waals surface area (Å²) < 4.78 is 11.6. The number of amides is 3. The molecule has 194 valence electrons. The molecule has 1 spiro atoms. The van der Waals surface area contributed by atoms with Crippen LogP contribution in [0, 0.1) is 25.7 Å². The van der Waals surface area contributed by atoms with Gasteiger partial charge in [0.2, 0.25) is 17.7 Å². The lowest BCUT2D eigenvalue weighted by molar-refractivity contribution is -0.141. The zero-order valence-electron chi connectivity index (χ0n) is 21.4. The van der Waals surface area contributed by atoms with Crippen molar-refractivity contribution in [3.05, 3.63) is 41.5 Å². The van der Waals surface area contributed by atoms with Crippen molar-refractivity contribution < 1.29 is 23.9 Å². The first-order valence-electron chi connectivity index (χ1n) is 13.2. The van der Waals surface area contributed by atoms with Crippen LogP contribution < -0.4 is 10.6 Å². The summed E-state index contributed by atoms with van der Waals surface area (Å²) in [4.78, 5) is 42.7. The Hall–Kier alpha value is -2.71. The van der Waals surface area contributed by atoms with E-state index >= 15 is 0 Å². The second kappa shape index (κ2) is 9.98. The van der Waals surface area contributed by atoms with Crippen molar-refractivity contribution >= 4 is 23.4 Å². The van der Waals surface area contributed by atoms with E-state index in [0.717, 1.165) is 36.8 Å². The number of nitrogens with zero attached hydrogens (tertiary/aromatic N) is 1. The van der Waals surface area contributed by atoms with Gasteiger partial charge < -0.3 is 25.0 Å². The molecule has 3 aliphatic heterocycles. The number of aryl methyl sites for hydroxylation is 2. The molecule has 1 aromatic carbocycles. The number of rotatable bonds is 8. The molecule has 0 radical (unpaired) electrons. The predicted molar refractivity (Wildman–Crippen MR) is 135 cm³/mol. The fraction of sp³-hybridized carbons (Fsp3) is 0.607. The maximum atomic E-state index is 13.9. The van der Waals surface area contributed by atoms with E-state index in [-0.39, 0.29) is 23.8 Å². The molecule has 2 N–H and O–H groups in total. The van der Waals surface area contributed by atoms with Crippen LogP contribution in [0.15, 0.2) is 30.4 Å². The summed E-state index contributed by atoms with van der Waals surface area (Å²) in [6, 6.07) is 5.08. The van der Waals surface area contributed by atoms with Crippen LogP contribution >= 0.6 is 0 Å². The number of methoxy groups -OCH3 is 1. The third-order valence-electron chi connectivity index (χ3n) is 8.40. The van der Waals surface area contributed by atoms with Crippen LogP contribution in [0.4, 0.5) is 5.69 Å². The number of carbonyl (C=O) groups excluding carboxylic acids is 3. The molecule has 3 amide bonds. The van der Waals surface area contributed by atoms with Gasteiger partial charge in [-0.05, 0) is 56.4 Å². The Morgan fingerprint density at radius 1 is 1.14 bits per heavy atom. The van der Waals surface area contributed by atoms with Crippen molar-refractivity contribution in [2.75, 3.05) is 25.6 Å². The molecular weight excluding hydrogens is 458 g/mol. The van der Waals surface area contributed by atoms with Gasteiger partial charge in [0.1, 0.15) is 11.6 Å². The first-order chi connectivity index (χ1) is 17.4. The zero-order valence-corrected chi connectivity index (χ0v) is 21.4. The van der Waals surface area contributed by atoms with Crippen molar-refractivity contribution in [1.29, 1.82) is 0 Å². The predicted octanol–water partition coefficient (Wildman–Crippen LogP) is 2.88. The van der Waals surface area contributed by atoms with Gasteiger partial charge in [-0.15, -0.1) is 0 Å². The molecular formula is C28H37N3O5. The minimum Gasteiger partial charge on any atom is -0.385 e. The number of likely N-dealkylation sites (tertiary alicyclic amines) is 1. The average molecular weight is 496 g/mol. The minimum atomic E-state index is -1.13. The quantitative estimate of drug-likeness (QED) is 0.427. The van der Waals surface area contributed by atoms with Crippen LogP contribution in [-0.2, 0) is 23.9 Å². The van der Waals surface area contributed by atoms with Crippen molar-refractivity contribution in [1.82, 2.24) is 10.2 Å². The second-order valence-corrected chi connectivity index (χ2v) is 10.7. The second-order valence-electron chi connectivity index (χ2n) is 10.7. The molecule has 8 heteroatoms. The van der Waals surface area contributed by atoms with Gasteiger partial charge in [-0.2, -0.15) is 0 Å². The Bertz CT molecular complexity index is 1070. The molecule has 8 nitrogen and oxygen atoms in total. The van der Waals surface area contributed by atoms with Gasteiger partial charge in [0.25, 0.3) is 0 Å². The number of ether oxygens (including phenoxy) is 2. The first kappa shape index (κ1) is 25.0. The zero-order chi connectivity index (χ0) is 25.4. The Balaban J connectivity index is 1.41. The topological polar surface area (TPSA) is 97.0 Å². The summed E-state index contributed by atoms with van der Waals surface area (Å²) in [6.07, 6.45) is 9.07. The molecule has 36 heavy (non-hydrogen) atoms. The number of hydrogen-bond acceptors (Lipinski definition) is 5. The third kappa shape index (κ3) is 4.24. The first-order valence-corrected chi connectivity index (χ1v) is 13.2. The number of fused-ring (bicyclic) bond motifs is 1. The molecule has 5 atom stereocenters. The molecule has 0 aromatic heterocycles. The maximum absolute atomic E-state index is 13.9. The van der Waals surface area contributed by atoms with E-state index in [1.54, 1.807) is 12.0 Å². The molecule has 5 unspecified atom stereocenters. The SMILES string of the molecule is COCCCN1C(=O)C2C(C(=O)Nc3ccc(C)c(C)c3)C3C=CC2(O3)C1C(=O)NC1CCCCC1. The van der Waals surface area contributed by atoms with Crippen molar-refractivity contribution in [2.24, 2.45) is 11.8 Å². The summed E-state index contributed by atoms with van der Waals surface area (Å²) in [7, 11) is 1.62. The van der Waals surface area contributed by atoms with E-state index in [1.807, 2.05) is 44.2 Å². The highest BCUT2D eigenvalue weighted by Crippen LogP contribution is 2.55. The van der Waals surface area contributed by atoms with Gasteiger partial charge >= 0.3 is 0 Å². The van der Waals surface area contributed by atoms with Gasteiger partial charge in [-0.1, -0.05) is 37.5 Å². The van der Waals surface area contributed by atoms with Gasteiger partial charge in [0.05, 0.1) is 17.9 Å². The normalized spacial score (nSPS) is 31.1. The number of benzene rings is 1. The summed E-state index contributed by atoms with van der Waals surface area (Å²) in [5, 5.41) is 6.21. The van der Waals surface area contributed by atoms with Gasteiger partial charge in [-0.3, -0.25) is 14.4 Å². The van der Waals surface area contributed by atoms with Crippen LogP contribution in [0.5, 0.6) is 0 Å². The fourth-order valence-electron chi connectivity index (χ4n) is 6.46. The lowest BCUT2D eigenvalue weighted by atomic mass is 9.74. The molecule has 4 aliphatic rings. The molecule has 1 aliphatic carbocycles. The highest BCUT2D eigenvalue weighted by molar-refractivity contribution is 6.02. The van der Waals surface area contributed by atoms with E-state index in [0.29, 0.717) is 25.3 Å². The Morgan fingerprint density at radius 3 is 2.64 bits per heavy atom. The maximum Gasteiger partial charge on any atom is 0.246 e. The Morgan fingerprint density at radius 2 is 1.92 bits per heavy atom. The fourth-order valence-corrected chi connectivity index (χ4v) is 6.46. The number of nitrogens with one attached hydrogen (secondary N) is 2. The van der Waals surface area contributed by atoms with Crippen LogP contribution in [0.2, 0.25) is 0 Å². The van der Waals surface area contributed by atoms with Crippen LogP contribution in [0.25, 0.3) is 0 Å². The molecule has 2 bridgehead atoms. The molecule has 1 aromatic rings. The van der Waals surface area contributed by atoms with Gasteiger partial charge in [0.15, 0.2) is 0 Å². The molecule has 5 rings (SSSR count). The number of carbonyl (C=O) groups is 3. The van der Waals surface area contributed by atoms with Crippen LogP contribution in [-0.4, -0.2) is 66.7 Å². The number of hydrogen-bond donors (Lipinski definition) is 2. The third-order valence-corrected chi connectivity index (χ3v) is 8.40. The summed E-state index contributed by atoms with van der Waals surface area (Å²) >= 11 is 0. The molecule has 2 saturated heterocycles. The van der Waals surface area contributed by atoms with E-state index < -0.39 is 29.6 Å². The van der Waals surface area contributed by atoms with Crippen molar-refractivity contribution in [2.45, 2.75) is 76.2 Å². The summed E-state index contributed by atoms with van der Waals surface area (Å²) in [5.41, 5.74) is 1.79. The Kier molecular flexibility index (Phi) is 6.92. The Labute approximate surface area is 212 Å². The van der Waals surface area contributed by atoms with Crippen molar-refractivity contribution in [3.63, 3.8) is 0 Å². The highest BCUT2D eigenvalue weighted by atomic mass is 16.5.